The van der Waals surface area contributed by atoms with Crippen LogP contribution in [0.5, 0.6) is 17.2 Å². The SMILES string of the molecule is C=CC(=O)N1C(c2ccc(Oc3ccc(OC)cc3)cc2)=C(C(N)=O)N2C1CCCN2C1CCNCC1. The first-order valence-electron chi connectivity index (χ1n) is 12.7. The number of fused-ring (bicyclic) bond motifs is 1. The zero-order valence-corrected chi connectivity index (χ0v) is 21.1. The molecule has 0 saturated carbocycles. The molecule has 2 saturated heterocycles. The van der Waals surface area contributed by atoms with E-state index in [1.807, 2.05) is 53.5 Å². The maximum Gasteiger partial charge on any atom is 0.268 e. The lowest BCUT2D eigenvalue weighted by Crippen LogP contribution is -2.60. The number of primary amides is 1. The molecule has 0 aromatic heterocycles. The number of amides is 2. The van der Waals surface area contributed by atoms with Gasteiger partial charge in [0.15, 0.2) is 0 Å². The fourth-order valence-corrected chi connectivity index (χ4v) is 5.51. The third-order valence-corrected chi connectivity index (χ3v) is 7.20. The highest BCUT2D eigenvalue weighted by atomic mass is 16.5. The molecule has 3 N–H and O–H groups in total. The minimum absolute atomic E-state index is 0.257. The van der Waals surface area contributed by atoms with E-state index in [1.54, 1.807) is 12.0 Å². The number of carbonyl (C=O) groups excluding carboxylic acids is 2. The average Bonchev–Trinajstić information content (AvgIpc) is 3.30. The van der Waals surface area contributed by atoms with Gasteiger partial charge in [0.2, 0.25) is 0 Å². The first-order valence-corrected chi connectivity index (χ1v) is 12.7. The predicted octanol–water partition coefficient (Wildman–Crippen LogP) is 3.06. The molecule has 0 radical (unpaired) electrons. The standard InChI is InChI=1S/C28H33N5O4/c1-3-25(34)32-24-5-4-18-31(20-14-16-30-17-15-20)33(24)27(28(29)35)26(32)19-6-8-22(9-7-19)37-23-12-10-21(36-2)11-13-23/h3,6-13,20,24,30H,1,4-5,14-18H2,2H3,(H2,29,35). The number of carbonyl (C=O) groups is 2. The van der Waals surface area contributed by atoms with Gasteiger partial charge >= 0.3 is 0 Å². The van der Waals surface area contributed by atoms with Crippen LogP contribution >= 0.6 is 0 Å². The Balaban J connectivity index is 1.51. The van der Waals surface area contributed by atoms with Gasteiger partial charge in [-0.3, -0.25) is 19.5 Å². The summed E-state index contributed by atoms with van der Waals surface area (Å²) in [6.07, 6.45) is 4.57. The molecular formula is C28H33N5O4. The van der Waals surface area contributed by atoms with Crippen LogP contribution in [0.4, 0.5) is 0 Å². The maximum atomic E-state index is 13.2. The van der Waals surface area contributed by atoms with Gasteiger partial charge in [0.1, 0.15) is 29.1 Å². The molecule has 5 rings (SSSR count). The molecule has 0 aliphatic carbocycles. The molecule has 2 aromatic carbocycles. The smallest absolute Gasteiger partial charge is 0.268 e. The van der Waals surface area contributed by atoms with Gasteiger partial charge in [-0.2, -0.15) is 0 Å². The van der Waals surface area contributed by atoms with Crippen LogP contribution in [-0.2, 0) is 9.59 Å². The van der Waals surface area contributed by atoms with Crippen molar-refractivity contribution in [3.8, 4) is 17.2 Å². The van der Waals surface area contributed by atoms with E-state index in [2.05, 4.69) is 16.9 Å². The van der Waals surface area contributed by atoms with E-state index in [4.69, 9.17) is 15.2 Å². The molecule has 1 atom stereocenters. The molecule has 3 aliphatic rings. The first-order chi connectivity index (χ1) is 18.0. The molecule has 2 fully saturated rings. The first kappa shape index (κ1) is 24.9. The molecule has 2 amide bonds. The Labute approximate surface area is 217 Å². The van der Waals surface area contributed by atoms with Crippen molar-refractivity contribution in [2.45, 2.75) is 37.9 Å². The van der Waals surface area contributed by atoms with Crippen molar-refractivity contribution in [3.63, 3.8) is 0 Å². The Morgan fingerprint density at radius 2 is 1.62 bits per heavy atom. The summed E-state index contributed by atoms with van der Waals surface area (Å²) in [5.41, 5.74) is 7.58. The van der Waals surface area contributed by atoms with Gasteiger partial charge in [-0.15, -0.1) is 0 Å². The second-order valence-electron chi connectivity index (χ2n) is 9.39. The molecule has 2 aromatic rings. The van der Waals surface area contributed by atoms with E-state index in [-0.39, 0.29) is 18.1 Å². The zero-order chi connectivity index (χ0) is 25.9. The molecule has 194 valence electrons. The summed E-state index contributed by atoms with van der Waals surface area (Å²) in [5.74, 6) is 1.23. The van der Waals surface area contributed by atoms with Crippen LogP contribution in [0.15, 0.2) is 66.9 Å². The van der Waals surface area contributed by atoms with Crippen molar-refractivity contribution < 1.29 is 19.1 Å². The molecule has 0 bridgehead atoms. The van der Waals surface area contributed by atoms with Crippen LogP contribution in [0.25, 0.3) is 5.70 Å². The Hall–Kier alpha value is -3.82. The lowest BCUT2D eigenvalue weighted by atomic mass is 10.0. The molecule has 3 heterocycles. The number of hydrogen-bond acceptors (Lipinski definition) is 7. The normalized spacial score (nSPS) is 20.5. The summed E-state index contributed by atoms with van der Waals surface area (Å²) >= 11 is 0. The van der Waals surface area contributed by atoms with E-state index in [0.717, 1.165) is 51.1 Å². The van der Waals surface area contributed by atoms with Crippen LogP contribution in [0.1, 0.15) is 31.2 Å². The number of ether oxygens (including phenoxy) is 2. The quantitative estimate of drug-likeness (QED) is 0.560. The zero-order valence-electron chi connectivity index (χ0n) is 21.1. The number of rotatable bonds is 7. The van der Waals surface area contributed by atoms with E-state index in [0.29, 0.717) is 28.5 Å². The summed E-state index contributed by atoms with van der Waals surface area (Å²) in [6.45, 7) is 6.39. The molecule has 1 unspecified atom stereocenters. The van der Waals surface area contributed by atoms with Crippen LogP contribution in [0, 0.1) is 0 Å². The third kappa shape index (κ3) is 4.80. The van der Waals surface area contributed by atoms with Crippen LogP contribution < -0.4 is 20.5 Å². The van der Waals surface area contributed by atoms with Crippen molar-refractivity contribution in [1.82, 2.24) is 20.2 Å². The summed E-state index contributed by atoms with van der Waals surface area (Å²) in [6, 6.07) is 14.9. The summed E-state index contributed by atoms with van der Waals surface area (Å²) < 4.78 is 11.2. The Morgan fingerprint density at radius 3 is 2.22 bits per heavy atom. The van der Waals surface area contributed by atoms with Crippen molar-refractivity contribution >= 4 is 17.5 Å². The largest absolute Gasteiger partial charge is 0.497 e. The van der Waals surface area contributed by atoms with Crippen molar-refractivity contribution in [2.75, 3.05) is 26.7 Å². The molecule has 0 spiro atoms. The minimum Gasteiger partial charge on any atom is -0.497 e. The van der Waals surface area contributed by atoms with E-state index in [1.165, 1.54) is 6.08 Å². The van der Waals surface area contributed by atoms with E-state index in [9.17, 15) is 9.59 Å². The van der Waals surface area contributed by atoms with Gasteiger partial charge in [-0.05, 0) is 93.4 Å². The fourth-order valence-electron chi connectivity index (χ4n) is 5.51. The van der Waals surface area contributed by atoms with E-state index < -0.39 is 5.91 Å². The molecule has 9 nitrogen and oxygen atoms in total. The number of hydrogen-bond donors (Lipinski definition) is 2. The minimum atomic E-state index is -0.557. The highest BCUT2D eigenvalue weighted by Gasteiger charge is 2.48. The number of piperidine rings is 1. The third-order valence-electron chi connectivity index (χ3n) is 7.20. The predicted molar refractivity (Wildman–Crippen MR) is 140 cm³/mol. The second kappa shape index (κ2) is 10.7. The van der Waals surface area contributed by atoms with Crippen LogP contribution in [0.3, 0.4) is 0 Å². The number of benzene rings is 2. The lowest BCUT2D eigenvalue weighted by molar-refractivity contribution is -0.147. The Kier molecular flexibility index (Phi) is 7.16. The second-order valence-corrected chi connectivity index (χ2v) is 9.39. The maximum absolute atomic E-state index is 13.2. The van der Waals surface area contributed by atoms with E-state index >= 15 is 0 Å². The highest BCUT2D eigenvalue weighted by molar-refractivity contribution is 6.05. The molecular weight excluding hydrogens is 470 g/mol. The number of nitrogens with zero attached hydrogens (tertiary/aromatic N) is 3. The van der Waals surface area contributed by atoms with Crippen molar-refractivity contribution in [3.05, 3.63) is 72.4 Å². The summed E-state index contributed by atoms with van der Waals surface area (Å²) in [5, 5.41) is 7.64. The highest BCUT2D eigenvalue weighted by Crippen LogP contribution is 2.42. The van der Waals surface area contributed by atoms with Crippen LogP contribution in [-0.4, -0.2) is 65.7 Å². The molecule has 9 heteroatoms. The topological polar surface area (TPSA) is 100 Å². The summed E-state index contributed by atoms with van der Waals surface area (Å²) in [4.78, 5) is 27.8. The number of methoxy groups -OCH3 is 1. The lowest BCUT2D eigenvalue weighted by Gasteiger charge is -2.48. The summed E-state index contributed by atoms with van der Waals surface area (Å²) in [7, 11) is 1.62. The van der Waals surface area contributed by atoms with Gasteiger partial charge < -0.3 is 20.5 Å². The van der Waals surface area contributed by atoms with Gasteiger partial charge in [0.25, 0.3) is 11.8 Å². The van der Waals surface area contributed by atoms with Gasteiger partial charge in [-0.25, -0.2) is 5.01 Å². The van der Waals surface area contributed by atoms with Gasteiger partial charge in [0.05, 0.1) is 12.8 Å². The number of nitrogens with two attached hydrogens (primary N) is 1. The number of nitrogens with one attached hydrogen (secondary N) is 1. The van der Waals surface area contributed by atoms with Crippen molar-refractivity contribution in [2.24, 2.45) is 5.73 Å². The van der Waals surface area contributed by atoms with Crippen molar-refractivity contribution in [1.29, 1.82) is 0 Å². The van der Waals surface area contributed by atoms with Gasteiger partial charge in [-0.1, -0.05) is 6.58 Å². The molecule has 37 heavy (non-hydrogen) atoms. The Morgan fingerprint density at radius 1 is 1.00 bits per heavy atom. The average molecular weight is 504 g/mol. The monoisotopic (exact) mass is 503 g/mol. The Bertz CT molecular complexity index is 1190. The number of hydrazine groups is 1. The fraction of sp³-hybridized carbons (Fsp3) is 0.357. The van der Waals surface area contributed by atoms with Gasteiger partial charge in [0, 0.05) is 18.2 Å². The van der Waals surface area contributed by atoms with Crippen LogP contribution in [0.2, 0.25) is 0 Å². The molecule has 3 aliphatic heterocycles.